The molecule has 0 saturated heterocycles. The van der Waals surface area contributed by atoms with E-state index in [1.165, 1.54) is 23.9 Å². The Morgan fingerprint density at radius 1 is 1.19 bits per heavy atom. The molecule has 2 aromatic carbocycles. The molecule has 3 aromatic rings. The number of aromatic nitrogens is 3. The van der Waals surface area contributed by atoms with Gasteiger partial charge in [0.15, 0.2) is 5.16 Å². The fourth-order valence-corrected chi connectivity index (χ4v) is 3.35. The van der Waals surface area contributed by atoms with Crippen LogP contribution in [0.3, 0.4) is 0 Å². The van der Waals surface area contributed by atoms with Gasteiger partial charge in [-0.25, -0.2) is 0 Å². The van der Waals surface area contributed by atoms with E-state index in [0.29, 0.717) is 11.0 Å². The molecule has 0 unspecified atom stereocenters. The smallest absolute Gasteiger partial charge is 0.292 e. The van der Waals surface area contributed by atoms with E-state index in [-0.39, 0.29) is 23.0 Å². The second-order valence-corrected chi connectivity index (χ2v) is 6.76. The van der Waals surface area contributed by atoms with Gasteiger partial charge in [0.1, 0.15) is 11.5 Å². The summed E-state index contributed by atoms with van der Waals surface area (Å²) in [4.78, 5) is 22.8. The molecule has 1 amide bonds. The topological polar surface area (TPSA) is 103 Å². The Labute approximate surface area is 159 Å². The van der Waals surface area contributed by atoms with Crippen LogP contribution in [-0.4, -0.2) is 31.3 Å². The first-order chi connectivity index (χ1) is 13.0. The highest BCUT2D eigenvalue weighted by molar-refractivity contribution is 7.99. The average molecular weight is 383 g/mol. The largest absolute Gasteiger partial charge is 0.320 e. The number of carbonyl (C=O) groups is 1. The molecular formula is C18H17N5O3S. The Morgan fingerprint density at radius 3 is 2.70 bits per heavy atom. The minimum absolute atomic E-state index is 0.0516. The lowest BCUT2D eigenvalue weighted by atomic mass is 10.2. The third kappa shape index (κ3) is 4.32. The second kappa shape index (κ2) is 8.00. The normalized spacial score (nSPS) is 10.6. The van der Waals surface area contributed by atoms with Gasteiger partial charge in [-0.05, 0) is 37.6 Å². The third-order valence-electron chi connectivity index (χ3n) is 3.76. The molecule has 0 spiro atoms. The van der Waals surface area contributed by atoms with E-state index in [1.54, 1.807) is 12.1 Å². The third-order valence-corrected chi connectivity index (χ3v) is 4.69. The number of anilines is 1. The highest BCUT2D eigenvalue weighted by atomic mass is 32.2. The summed E-state index contributed by atoms with van der Waals surface area (Å²) in [5, 5.41) is 22.4. The Balaban J connectivity index is 1.73. The van der Waals surface area contributed by atoms with Crippen molar-refractivity contribution in [2.45, 2.75) is 19.0 Å². The number of nitro groups is 1. The van der Waals surface area contributed by atoms with Crippen LogP contribution in [0.25, 0.3) is 5.69 Å². The molecule has 0 aliphatic carbocycles. The van der Waals surface area contributed by atoms with E-state index in [1.807, 2.05) is 42.7 Å². The van der Waals surface area contributed by atoms with Crippen molar-refractivity contribution in [2.75, 3.05) is 11.1 Å². The minimum atomic E-state index is -0.527. The van der Waals surface area contributed by atoms with Crippen LogP contribution >= 0.6 is 11.8 Å². The lowest BCUT2D eigenvalue weighted by Crippen LogP contribution is -2.15. The summed E-state index contributed by atoms with van der Waals surface area (Å²) in [5.74, 6) is 0.406. The van der Waals surface area contributed by atoms with Crippen molar-refractivity contribution in [1.82, 2.24) is 14.8 Å². The molecule has 1 heterocycles. The molecule has 138 valence electrons. The number of nitro benzene ring substituents is 1. The summed E-state index contributed by atoms with van der Waals surface area (Å²) < 4.78 is 1.87. The quantitative estimate of drug-likeness (QED) is 0.397. The monoisotopic (exact) mass is 383 g/mol. The van der Waals surface area contributed by atoms with Gasteiger partial charge in [0, 0.05) is 11.8 Å². The van der Waals surface area contributed by atoms with Crippen molar-refractivity contribution in [2.24, 2.45) is 0 Å². The number of amides is 1. The summed E-state index contributed by atoms with van der Waals surface area (Å²) in [7, 11) is 0. The number of thioether (sulfide) groups is 1. The molecule has 0 aliphatic heterocycles. The van der Waals surface area contributed by atoms with Crippen LogP contribution in [0.1, 0.15) is 11.4 Å². The number of nitrogens with one attached hydrogen (secondary N) is 1. The number of para-hydroxylation sites is 2. The van der Waals surface area contributed by atoms with E-state index >= 15 is 0 Å². The first-order valence-corrected chi connectivity index (χ1v) is 9.09. The Kier molecular flexibility index (Phi) is 5.51. The van der Waals surface area contributed by atoms with Crippen LogP contribution in [0.5, 0.6) is 0 Å². The van der Waals surface area contributed by atoms with E-state index < -0.39 is 4.92 Å². The number of rotatable bonds is 6. The molecule has 27 heavy (non-hydrogen) atoms. The predicted molar refractivity (Wildman–Crippen MR) is 103 cm³/mol. The zero-order valence-corrected chi connectivity index (χ0v) is 15.6. The van der Waals surface area contributed by atoms with Crippen LogP contribution < -0.4 is 5.32 Å². The molecule has 3 rings (SSSR count). The molecule has 0 radical (unpaired) electrons. The Hall–Kier alpha value is -3.20. The summed E-state index contributed by atoms with van der Waals surface area (Å²) in [6, 6.07) is 13.9. The first kappa shape index (κ1) is 18.6. The van der Waals surface area contributed by atoms with Crippen LogP contribution in [-0.2, 0) is 4.79 Å². The van der Waals surface area contributed by atoms with Gasteiger partial charge in [-0.1, -0.05) is 36.0 Å². The van der Waals surface area contributed by atoms with Gasteiger partial charge in [-0.2, -0.15) is 0 Å². The van der Waals surface area contributed by atoms with E-state index in [0.717, 1.165) is 11.3 Å². The van der Waals surface area contributed by atoms with Gasteiger partial charge in [0.25, 0.3) is 5.69 Å². The molecule has 9 heteroatoms. The molecule has 0 atom stereocenters. The highest BCUT2D eigenvalue weighted by Gasteiger charge is 2.17. The maximum atomic E-state index is 12.3. The maximum absolute atomic E-state index is 12.3. The van der Waals surface area contributed by atoms with Gasteiger partial charge in [-0.3, -0.25) is 19.5 Å². The molecule has 0 fully saturated rings. The zero-order valence-electron chi connectivity index (χ0n) is 14.7. The van der Waals surface area contributed by atoms with E-state index in [9.17, 15) is 14.9 Å². The van der Waals surface area contributed by atoms with Gasteiger partial charge >= 0.3 is 0 Å². The fourth-order valence-electron chi connectivity index (χ4n) is 2.56. The molecule has 1 N–H and O–H groups in total. The highest BCUT2D eigenvalue weighted by Crippen LogP contribution is 2.25. The lowest BCUT2D eigenvalue weighted by Gasteiger charge is -2.09. The second-order valence-electron chi connectivity index (χ2n) is 5.82. The van der Waals surface area contributed by atoms with Crippen molar-refractivity contribution < 1.29 is 9.72 Å². The van der Waals surface area contributed by atoms with Crippen LogP contribution in [0, 0.1) is 24.0 Å². The SMILES string of the molecule is Cc1cccc(-n2c(C)nnc2SCC(=O)Nc2ccccc2[N+](=O)[O-])c1. The van der Waals surface area contributed by atoms with Crippen LogP contribution in [0.2, 0.25) is 0 Å². The van der Waals surface area contributed by atoms with Crippen molar-refractivity contribution >= 4 is 29.0 Å². The standard InChI is InChI=1S/C18H17N5O3S/c1-12-6-5-7-14(10-12)22-13(2)20-21-18(22)27-11-17(24)19-15-8-3-4-9-16(15)23(25)26/h3-10H,11H2,1-2H3,(H,19,24). The van der Waals surface area contributed by atoms with Gasteiger partial charge in [0.05, 0.1) is 10.7 Å². The first-order valence-electron chi connectivity index (χ1n) is 8.11. The maximum Gasteiger partial charge on any atom is 0.292 e. The van der Waals surface area contributed by atoms with Crippen molar-refractivity contribution in [3.63, 3.8) is 0 Å². The van der Waals surface area contributed by atoms with Gasteiger partial charge in [-0.15, -0.1) is 10.2 Å². The number of carbonyl (C=O) groups excluding carboxylic acids is 1. The average Bonchev–Trinajstić information content (AvgIpc) is 3.01. The zero-order chi connectivity index (χ0) is 19.4. The van der Waals surface area contributed by atoms with Crippen LogP contribution in [0.4, 0.5) is 11.4 Å². The molecule has 1 aromatic heterocycles. The van der Waals surface area contributed by atoms with E-state index in [2.05, 4.69) is 15.5 Å². The number of nitrogens with zero attached hydrogens (tertiary/aromatic N) is 4. The Bertz CT molecular complexity index is 1000. The summed E-state index contributed by atoms with van der Waals surface area (Å²) in [6.45, 7) is 3.84. The number of aryl methyl sites for hydroxylation is 2. The molecule has 0 saturated carbocycles. The molecular weight excluding hydrogens is 366 g/mol. The van der Waals surface area contributed by atoms with E-state index in [4.69, 9.17) is 0 Å². The van der Waals surface area contributed by atoms with Gasteiger partial charge in [0.2, 0.25) is 5.91 Å². The summed E-state index contributed by atoms with van der Waals surface area (Å²) in [6.07, 6.45) is 0. The van der Waals surface area contributed by atoms with Gasteiger partial charge < -0.3 is 5.32 Å². The molecule has 0 aliphatic rings. The molecule has 0 bridgehead atoms. The summed E-state index contributed by atoms with van der Waals surface area (Å²) in [5.41, 5.74) is 2.05. The van der Waals surface area contributed by atoms with Crippen molar-refractivity contribution in [3.8, 4) is 5.69 Å². The lowest BCUT2D eigenvalue weighted by molar-refractivity contribution is -0.383. The molecule has 8 nitrogen and oxygen atoms in total. The number of hydrogen-bond donors (Lipinski definition) is 1. The number of hydrogen-bond acceptors (Lipinski definition) is 6. The number of benzene rings is 2. The predicted octanol–water partition coefficient (Wildman–Crippen LogP) is 3.52. The Morgan fingerprint density at radius 2 is 1.96 bits per heavy atom. The van der Waals surface area contributed by atoms with Crippen molar-refractivity contribution in [3.05, 3.63) is 70.0 Å². The van der Waals surface area contributed by atoms with Crippen molar-refractivity contribution in [1.29, 1.82) is 0 Å². The summed E-state index contributed by atoms with van der Waals surface area (Å²) >= 11 is 1.22. The van der Waals surface area contributed by atoms with Crippen LogP contribution in [0.15, 0.2) is 53.7 Å². The fraction of sp³-hybridized carbons (Fsp3) is 0.167. The minimum Gasteiger partial charge on any atom is -0.320 e.